The van der Waals surface area contributed by atoms with E-state index in [0.717, 1.165) is 24.8 Å². The summed E-state index contributed by atoms with van der Waals surface area (Å²) in [6.45, 7) is 5.95. The van der Waals surface area contributed by atoms with E-state index in [-0.39, 0.29) is 35.7 Å². The largest absolute Gasteiger partial charge is 0.456 e. The van der Waals surface area contributed by atoms with Gasteiger partial charge in [0.15, 0.2) is 12.4 Å². The van der Waals surface area contributed by atoms with Crippen LogP contribution in [-0.2, 0) is 19.7 Å². The van der Waals surface area contributed by atoms with Crippen LogP contribution in [0.25, 0.3) is 0 Å². The Bertz CT molecular complexity index is 798. The van der Waals surface area contributed by atoms with Gasteiger partial charge in [-0.05, 0) is 79.4 Å². The van der Waals surface area contributed by atoms with E-state index in [2.05, 4.69) is 26.1 Å². The van der Waals surface area contributed by atoms with Crippen molar-refractivity contribution in [3.05, 3.63) is 35.4 Å². The fourth-order valence-electron chi connectivity index (χ4n) is 6.18. The molecular formula is C25H33NO4. The summed E-state index contributed by atoms with van der Waals surface area (Å²) in [5.74, 6) is 1.24. The Labute approximate surface area is 178 Å². The molecular weight excluding hydrogens is 378 g/mol. The second-order valence-corrected chi connectivity index (χ2v) is 10.8. The van der Waals surface area contributed by atoms with Crippen LogP contribution in [-0.4, -0.2) is 30.8 Å². The van der Waals surface area contributed by atoms with Crippen molar-refractivity contribution in [3.63, 3.8) is 0 Å². The molecule has 162 valence electrons. The van der Waals surface area contributed by atoms with E-state index in [9.17, 15) is 14.4 Å². The fourth-order valence-corrected chi connectivity index (χ4v) is 6.18. The Kier molecular flexibility index (Phi) is 5.50. The Hall–Kier alpha value is -2.17. The molecule has 0 heterocycles. The summed E-state index contributed by atoms with van der Waals surface area (Å²) in [5.41, 5.74) is 1.40. The SMILES string of the molecule is CC(C)(C)c1ccc(C(=O)NCC(=O)OCC(=O)C23CC4CC(CC(C4)C2)C3)cc1. The molecule has 0 spiro atoms. The molecule has 4 saturated carbocycles. The molecule has 1 N–H and O–H groups in total. The predicted molar refractivity (Wildman–Crippen MR) is 114 cm³/mol. The summed E-state index contributed by atoms with van der Waals surface area (Å²) in [4.78, 5) is 37.3. The Morgan fingerprint density at radius 2 is 1.50 bits per heavy atom. The number of ketones is 1. The van der Waals surface area contributed by atoms with Crippen molar-refractivity contribution in [3.8, 4) is 0 Å². The van der Waals surface area contributed by atoms with Gasteiger partial charge in [0.25, 0.3) is 5.91 Å². The molecule has 0 saturated heterocycles. The number of hydrogen-bond donors (Lipinski definition) is 1. The number of benzene rings is 1. The average molecular weight is 412 g/mol. The van der Waals surface area contributed by atoms with Crippen LogP contribution >= 0.6 is 0 Å². The van der Waals surface area contributed by atoms with Crippen LogP contribution in [0.3, 0.4) is 0 Å². The molecule has 5 heteroatoms. The first-order valence-corrected chi connectivity index (χ1v) is 11.2. The highest BCUT2D eigenvalue weighted by atomic mass is 16.5. The summed E-state index contributed by atoms with van der Waals surface area (Å²) in [6, 6.07) is 7.38. The molecule has 1 amide bonds. The maximum absolute atomic E-state index is 12.9. The first-order chi connectivity index (χ1) is 14.1. The Morgan fingerprint density at radius 1 is 0.967 bits per heavy atom. The molecule has 4 fully saturated rings. The first-order valence-electron chi connectivity index (χ1n) is 11.2. The molecule has 5 rings (SSSR count). The number of nitrogens with one attached hydrogen (secondary N) is 1. The zero-order valence-corrected chi connectivity index (χ0v) is 18.3. The summed E-state index contributed by atoms with van der Waals surface area (Å²) in [7, 11) is 0. The van der Waals surface area contributed by atoms with Crippen LogP contribution in [0.5, 0.6) is 0 Å². The summed E-state index contributed by atoms with van der Waals surface area (Å²) < 4.78 is 5.24. The van der Waals surface area contributed by atoms with Gasteiger partial charge in [-0.3, -0.25) is 14.4 Å². The first kappa shape index (κ1) is 21.1. The lowest BCUT2D eigenvalue weighted by atomic mass is 9.48. The second-order valence-electron chi connectivity index (χ2n) is 10.8. The minimum atomic E-state index is -0.562. The van der Waals surface area contributed by atoms with Gasteiger partial charge in [-0.1, -0.05) is 32.9 Å². The van der Waals surface area contributed by atoms with E-state index in [4.69, 9.17) is 4.74 Å². The number of Topliss-reactive ketones (excluding diaryl/α,β-unsaturated/α-hetero) is 1. The highest BCUT2D eigenvalue weighted by Gasteiger charge is 2.54. The minimum absolute atomic E-state index is 0.0159. The maximum Gasteiger partial charge on any atom is 0.325 e. The van der Waals surface area contributed by atoms with Gasteiger partial charge >= 0.3 is 5.97 Å². The lowest BCUT2D eigenvalue weighted by Gasteiger charge is -2.55. The number of carbonyl (C=O) groups is 3. The van der Waals surface area contributed by atoms with Crippen molar-refractivity contribution >= 4 is 17.7 Å². The number of esters is 1. The third kappa shape index (κ3) is 4.30. The zero-order chi connectivity index (χ0) is 21.5. The lowest BCUT2D eigenvalue weighted by Crippen LogP contribution is -2.51. The van der Waals surface area contributed by atoms with E-state index >= 15 is 0 Å². The number of carbonyl (C=O) groups excluding carboxylic acids is 3. The third-order valence-corrected chi connectivity index (χ3v) is 7.40. The van der Waals surface area contributed by atoms with E-state index in [1.807, 2.05) is 12.1 Å². The minimum Gasteiger partial charge on any atom is -0.456 e. The quantitative estimate of drug-likeness (QED) is 0.717. The molecule has 4 aliphatic rings. The molecule has 0 radical (unpaired) electrons. The zero-order valence-electron chi connectivity index (χ0n) is 18.3. The van der Waals surface area contributed by atoms with Gasteiger partial charge in [-0.25, -0.2) is 0 Å². The molecule has 4 aliphatic carbocycles. The summed E-state index contributed by atoms with van der Waals surface area (Å²) >= 11 is 0. The van der Waals surface area contributed by atoms with E-state index < -0.39 is 5.97 Å². The standard InChI is InChI=1S/C25H33NO4/c1-24(2,3)20-6-4-19(5-7-20)23(29)26-14-22(28)30-15-21(27)25-11-16-8-17(12-25)10-18(9-16)13-25/h4-7,16-18H,8-15H2,1-3H3,(H,26,29). The van der Waals surface area contributed by atoms with Gasteiger partial charge in [0.2, 0.25) is 0 Å². The average Bonchev–Trinajstić information content (AvgIpc) is 2.68. The predicted octanol–water partition coefficient (Wildman–Crippen LogP) is 4.04. The van der Waals surface area contributed by atoms with Crippen molar-refractivity contribution in [2.24, 2.45) is 23.2 Å². The number of rotatable bonds is 6. The molecule has 5 nitrogen and oxygen atoms in total. The second kappa shape index (κ2) is 7.82. The van der Waals surface area contributed by atoms with Crippen LogP contribution in [0, 0.1) is 23.2 Å². The Morgan fingerprint density at radius 3 is 2.00 bits per heavy atom. The molecule has 1 aromatic carbocycles. The smallest absolute Gasteiger partial charge is 0.325 e. The third-order valence-electron chi connectivity index (χ3n) is 7.40. The maximum atomic E-state index is 12.9. The van der Waals surface area contributed by atoms with Gasteiger partial charge in [0.1, 0.15) is 6.54 Å². The van der Waals surface area contributed by atoms with Gasteiger partial charge < -0.3 is 10.1 Å². The summed E-state index contributed by atoms with van der Waals surface area (Å²) in [5, 5.41) is 2.59. The molecule has 30 heavy (non-hydrogen) atoms. The lowest BCUT2D eigenvalue weighted by molar-refractivity contribution is -0.157. The summed E-state index contributed by atoms with van der Waals surface area (Å²) in [6.07, 6.45) is 6.73. The molecule has 0 aliphatic heterocycles. The topological polar surface area (TPSA) is 72.5 Å². The number of hydrogen-bond acceptors (Lipinski definition) is 4. The van der Waals surface area contributed by atoms with Crippen LogP contribution < -0.4 is 5.32 Å². The van der Waals surface area contributed by atoms with Gasteiger partial charge in [0.05, 0.1) is 0 Å². The highest BCUT2D eigenvalue weighted by molar-refractivity contribution is 5.96. The normalized spacial score (nSPS) is 29.5. The van der Waals surface area contributed by atoms with E-state index in [0.29, 0.717) is 23.3 Å². The van der Waals surface area contributed by atoms with Crippen LogP contribution in [0.15, 0.2) is 24.3 Å². The molecule has 0 aromatic heterocycles. The van der Waals surface area contributed by atoms with Crippen LogP contribution in [0.4, 0.5) is 0 Å². The molecule has 1 aromatic rings. The van der Waals surface area contributed by atoms with Crippen LogP contribution in [0.2, 0.25) is 0 Å². The molecule has 0 atom stereocenters. The highest BCUT2D eigenvalue weighted by Crippen LogP contribution is 2.60. The number of amides is 1. The van der Waals surface area contributed by atoms with Gasteiger partial charge in [-0.2, -0.15) is 0 Å². The van der Waals surface area contributed by atoms with E-state index in [1.165, 1.54) is 19.3 Å². The van der Waals surface area contributed by atoms with Crippen molar-refractivity contribution in [2.45, 2.75) is 64.7 Å². The van der Waals surface area contributed by atoms with Crippen molar-refractivity contribution < 1.29 is 19.1 Å². The van der Waals surface area contributed by atoms with Crippen molar-refractivity contribution in [1.29, 1.82) is 0 Å². The van der Waals surface area contributed by atoms with Crippen molar-refractivity contribution in [1.82, 2.24) is 5.32 Å². The van der Waals surface area contributed by atoms with Gasteiger partial charge in [-0.15, -0.1) is 0 Å². The van der Waals surface area contributed by atoms with E-state index in [1.54, 1.807) is 12.1 Å². The molecule has 4 bridgehead atoms. The fraction of sp³-hybridized carbons (Fsp3) is 0.640. The Balaban J connectivity index is 1.24. The van der Waals surface area contributed by atoms with Crippen LogP contribution in [0.1, 0.15) is 75.2 Å². The van der Waals surface area contributed by atoms with Crippen molar-refractivity contribution in [2.75, 3.05) is 13.2 Å². The molecule has 0 unspecified atom stereocenters. The van der Waals surface area contributed by atoms with Gasteiger partial charge in [0, 0.05) is 11.0 Å². The number of ether oxygens (including phenoxy) is 1. The monoisotopic (exact) mass is 411 g/mol.